The van der Waals surface area contributed by atoms with Crippen LogP contribution in [-0.2, 0) is 10.1 Å². The zero-order valence-corrected chi connectivity index (χ0v) is 10.4. The molecule has 0 aromatic heterocycles. The first-order valence-corrected chi connectivity index (χ1v) is 7.62. The third-order valence-corrected chi connectivity index (χ3v) is 4.94. The Bertz CT molecular complexity index is 445. The summed E-state index contributed by atoms with van der Waals surface area (Å²) < 4.78 is 30.5. The maximum Gasteiger partial charge on any atom is 0.294 e. The SMILES string of the molecule is O=S(=O)(O)c1ccc(SC2CCCC2)cc1. The minimum Gasteiger partial charge on any atom is -0.282 e. The van der Waals surface area contributed by atoms with Crippen molar-refractivity contribution in [3.8, 4) is 0 Å². The van der Waals surface area contributed by atoms with Gasteiger partial charge in [-0.1, -0.05) is 12.8 Å². The van der Waals surface area contributed by atoms with E-state index in [1.807, 2.05) is 0 Å². The van der Waals surface area contributed by atoms with Crippen LogP contribution < -0.4 is 0 Å². The molecule has 3 nitrogen and oxygen atoms in total. The summed E-state index contributed by atoms with van der Waals surface area (Å²) in [4.78, 5) is 1.03. The van der Waals surface area contributed by atoms with Gasteiger partial charge in [0.2, 0.25) is 0 Å². The number of rotatable bonds is 3. The first-order chi connectivity index (χ1) is 7.55. The highest BCUT2D eigenvalue weighted by molar-refractivity contribution is 8.00. The van der Waals surface area contributed by atoms with Gasteiger partial charge in [0.1, 0.15) is 0 Å². The van der Waals surface area contributed by atoms with E-state index in [1.165, 1.54) is 37.8 Å². The predicted molar refractivity (Wildman–Crippen MR) is 64.4 cm³/mol. The predicted octanol–water partition coefficient (Wildman–Crippen LogP) is 2.97. The molecule has 2 rings (SSSR count). The van der Waals surface area contributed by atoms with Crippen molar-refractivity contribution < 1.29 is 13.0 Å². The van der Waals surface area contributed by atoms with E-state index in [9.17, 15) is 8.42 Å². The van der Waals surface area contributed by atoms with Gasteiger partial charge in [-0.3, -0.25) is 4.55 Å². The summed E-state index contributed by atoms with van der Waals surface area (Å²) in [5, 5.41) is 0.664. The third kappa shape index (κ3) is 2.99. The summed E-state index contributed by atoms with van der Waals surface area (Å²) in [6, 6.07) is 6.41. The molecular weight excluding hydrogens is 244 g/mol. The second kappa shape index (κ2) is 4.77. The highest BCUT2D eigenvalue weighted by atomic mass is 32.2. The number of hydrogen-bond donors (Lipinski definition) is 1. The van der Waals surface area contributed by atoms with Gasteiger partial charge < -0.3 is 0 Å². The maximum atomic E-state index is 10.8. The zero-order chi connectivity index (χ0) is 11.6. The highest BCUT2D eigenvalue weighted by Crippen LogP contribution is 2.34. The maximum absolute atomic E-state index is 10.8. The molecule has 1 aromatic rings. The molecule has 16 heavy (non-hydrogen) atoms. The lowest BCUT2D eigenvalue weighted by Crippen LogP contribution is -1.98. The van der Waals surface area contributed by atoms with E-state index in [-0.39, 0.29) is 4.90 Å². The Kier molecular flexibility index (Phi) is 3.56. The van der Waals surface area contributed by atoms with Crippen LogP contribution in [0.4, 0.5) is 0 Å². The molecule has 0 unspecified atom stereocenters. The normalized spacial score (nSPS) is 17.8. The summed E-state index contributed by atoms with van der Waals surface area (Å²) >= 11 is 1.79. The van der Waals surface area contributed by atoms with Gasteiger partial charge in [-0.15, -0.1) is 11.8 Å². The lowest BCUT2D eigenvalue weighted by molar-refractivity contribution is 0.483. The average Bonchev–Trinajstić information content (AvgIpc) is 2.70. The molecule has 0 bridgehead atoms. The van der Waals surface area contributed by atoms with Gasteiger partial charge in [0.15, 0.2) is 0 Å². The van der Waals surface area contributed by atoms with Crippen LogP contribution in [0.5, 0.6) is 0 Å². The van der Waals surface area contributed by atoms with E-state index in [2.05, 4.69) is 0 Å². The molecule has 5 heteroatoms. The van der Waals surface area contributed by atoms with E-state index in [1.54, 1.807) is 23.9 Å². The Morgan fingerprint density at radius 1 is 1.12 bits per heavy atom. The molecule has 0 amide bonds. The average molecular weight is 258 g/mol. The van der Waals surface area contributed by atoms with E-state index in [0.717, 1.165) is 4.90 Å². The quantitative estimate of drug-likeness (QED) is 0.847. The van der Waals surface area contributed by atoms with Gasteiger partial charge >= 0.3 is 0 Å². The molecule has 1 N–H and O–H groups in total. The minimum atomic E-state index is -4.06. The molecule has 0 atom stereocenters. The Morgan fingerprint density at radius 2 is 1.69 bits per heavy atom. The summed E-state index contributed by atoms with van der Waals surface area (Å²) in [5.41, 5.74) is 0. The molecule has 0 radical (unpaired) electrons. The fourth-order valence-electron chi connectivity index (χ4n) is 1.89. The molecule has 0 heterocycles. The fourth-order valence-corrected chi connectivity index (χ4v) is 3.62. The minimum absolute atomic E-state index is 0.0386. The molecule has 88 valence electrons. The standard InChI is InChI=1S/C11H14O3S2/c12-16(13,14)11-7-5-10(6-8-11)15-9-3-1-2-4-9/h5-9H,1-4H2,(H,12,13,14). The van der Waals surface area contributed by atoms with Crippen molar-refractivity contribution in [3.63, 3.8) is 0 Å². The van der Waals surface area contributed by atoms with Crippen LogP contribution in [-0.4, -0.2) is 18.2 Å². The van der Waals surface area contributed by atoms with E-state index in [0.29, 0.717) is 5.25 Å². The van der Waals surface area contributed by atoms with Crippen LogP contribution in [0.3, 0.4) is 0 Å². The van der Waals surface area contributed by atoms with E-state index in [4.69, 9.17) is 4.55 Å². The molecule has 1 aliphatic carbocycles. The molecule has 1 aromatic carbocycles. The van der Waals surface area contributed by atoms with Crippen LogP contribution in [0.25, 0.3) is 0 Å². The van der Waals surface area contributed by atoms with Gasteiger partial charge in [0.25, 0.3) is 10.1 Å². The molecule has 1 aliphatic rings. The van der Waals surface area contributed by atoms with Gasteiger partial charge in [0, 0.05) is 10.1 Å². The highest BCUT2D eigenvalue weighted by Gasteiger charge is 2.16. The van der Waals surface area contributed by atoms with Crippen molar-refractivity contribution >= 4 is 21.9 Å². The largest absolute Gasteiger partial charge is 0.294 e. The molecule has 0 aliphatic heterocycles. The molecule has 1 saturated carbocycles. The van der Waals surface area contributed by atoms with Crippen LogP contribution in [0.1, 0.15) is 25.7 Å². The molecule has 0 spiro atoms. The third-order valence-electron chi connectivity index (χ3n) is 2.73. The number of benzene rings is 1. The number of thioether (sulfide) groups is 1. The Labute approximate surface area is 100 Å². The first kappa shape index (κ1) is 12.0. The second-order valence-electron chi connectivity index (χ2n) is 3.97. The van der Waals surface area contributed by atoms with Crippen LogP contribution in [0.15, 0.2) is 34.1 Å². The lowest BCUT2D eigenvalue weighted by Gasteiger charge is -2.08. The number of hydrogen-bond acceptors (Lipinski definition) is 3. The lowest BCUT2D eigenvalue weighted by atomic mass is 10.4. The van der Waals surface area contributed by atoms with Gasteiger partial charge in [-0.2, -0.15) is 8.42 Å². The second-order valence-corrected chi connectivity index (χ2v) is 6.77. The van der Waals surface area contributed by atoms with Crippen molar-refractivity contribution in [1.82, 2.24) is 0 Å². The molecular formula is C11H14O3S2. The summed E-state index contributed by atoms with van der Waals surface area (Å²) in [6.45, 7) is 0. The topological polar surface area (TPSA) is 54.4 Å². The van der Waals surface area contributed by atoms with Gasteiger partial charge in [-0.05, 0) is 37.1 Å². The summed E-state index contributed by atoms with van der Waals surface area (Å²) in [6.07, 6.45) is 5.07. The first-order valence-electron chi connectivity index (χ1n) is 5.30. The Morgan fingerprint density at radius 3 is 2.19 bits per heavy atom. The van der Waals surface area contributed by atoms with Crippen LogP contribution in [0, 0.1) is 0 Å². The monoisotopic (exact) mass is 258 g/mol. The van der Waals surface area contributed by atoms with Crippen molar-refractivity contribution in [2.75, 3.05) is 0 Å². The summed E-state index contributed by atoms with van der Waals surface area (Å²) in [5.74, 6) is 0. The van der Waals surface area contributed by atoms with Crippen molar-refractivity contribution in [1.29, 1.82) is 0 Å². The van der Waals surface area contributed by atoms with Crippen molar-refractivity contribution in [2.45, 2.75) is 40.7 Å². The molecule has 1 fully saturated rings. The van der Waals surface area contributed by atoms with E-state index < -0.39 is 10.1 Å². The smallest absolute Gasteiger partial charge is 0.282 e. The van der Waals surface area contributed by atoms with Crippen molar-refractivity contribution in [3.05, 3.63) is 24.3 Å². The van der Waals surface area contributed by atoms with Gasteiger partial charge in [-0.25, -0.2) is 0 Å². The van der Waals surface area contributed by atoms with Crippen LogP contribution in [0.2, 0.25) is 0 Å². The summed E-state index contributed by atoms with van der Waals surface area (Å²) in [7, 11) is -4.06. The van der Waals surface area contributed by atoms with E-state index >= 15 is 0 Å². The Balaban J connectivity index is 2.07. The fraction of sp³-hybridized carbons (Fsp3) is 0.455. The molecule has 0 saturated heterocycles. The van der Waals surface area contributed by atoms with Crippen molar-refractivity contribution in [2.24, 2.45) is 0 Å². The van der Waals surface area contributed by atoms with Gasteiger partial charge in [0.05, 0.1) is 4.90 Å². The van der Waals surface area contributed by atoms with Crippen LogP contribution >= 0.6 is 11.8 Å². The Hall–Kier alpha value is -0.520. The zero-order valence-electron chi connectivity index (χ0n) is 8.80.